The zero-order valence-electron chi connectivity index (χ0n) is 19.4. The SMILES string of the molecule is c1ccc(-n2c(-c3ccc(-n4c5ccccc5c5ccccc54)cc3)nnc2-c2ccccn2)cc1. The van der Waals surface area contributed by atoms with Crippen LogP contribution in [0.1, 0.15) is 0 Å². The van der Waals surface area contributed by atoms with Gasteiger partial charge in [-0.25, -0.2) is 0 Å². The molecule has 0 bridgehead atoms. The molecule has 3 heterocycles. The van der Waals surface area contributed by atoms with Gasteiger partial charge in [-0.3, -0.25) is 9.55 Å². The van der Waals surface area contributed by atoms with Gasteiger partial charge >= 0.3 is 0 Å². The Balaban J connectivity index is 1.39. The topological polar surface area (TPSA) is 48.5 Å². The first kappa shape index (κ1) is 20.4. The Morgan fingerprint density at radius 2 is 1.03 bits per heavy atom. The third kappa shape index (κ3) is 3.21. The Bertz CT molecular complexity index is 1760. The van der Waals surface area contributed by atoms with Crippen LogP contribution in [0.25, 0.3) is 56.1 Å². The van der Waals surface area contributed by atoms with Crippen molar-refractivity contribution < 1.29 is 0 Å². The van der Waals surface area contributed by atoms with Gasteiger partial charge in [-0.2, -0.15) is 0 Å². The van der Waals surface area contributed by atoms with Crippen molar-refractivity contribution >= 4 is 21.8 Å². The molecule has 0 N–H and O–H groups in total. The minimum Gasteiger partial charge on any atom is -0.309 e. The number of rotatable bonds is 4. The summed E-state index contributed by atoms with van der Waals surface area (Å²) in [6, 6.07) is 41.6. The number of benzene rings is 4. The van der Waals surface area contributed by atoms with E-state index in [1.165, 1.54) is 21.8 Å². The number of hydrogen-bond acceptors (Lipinski definition) is 3. The summed E-state index contributed by atoms with van der Waals surface area (Å²) in [7, 11) is 0. The monoisotopic (exact) mass is 463 g/mol. The van der Waals surface area contributed by atoms with Crippen molar-refractivity contribution in [2.45, 2.75) is 0 Å². The van der Waals surface area contributed by atoms with Crippen molar-refractivity contribution in [3.05, 3.63) is 128 Å². The Kier molecular flexibility index (Phi) is 4.71. The molecule has 0 saturated carbocycles. The second kappa shape index (κ2) is 8.32. The summed E-state index contributed by atoms with van der Waals surface area (Å²) >= 11 is 0. The highest BCUT2D eigenvalue weighted by atomic mass is 15.3. The highest BCUT2D eigenvalue weighted by molar-refractivity contribution is 6.09. The van der Waals surface area contributed by atoms with Crippen molar-refractivity contribution in [1.82, 2.24) is 24.3 Å². The molecule has 36 heavy (non-hydrogen) atoms. The maximum Gasteiger partial charge on any atom is 0.187 e. The lowest BCUT2D eigenvalue weighted by Crippen LogP contribution is -2.01. The summed E-state index contributed by atoms with van der Waals surface area (Å²) < 4.78 is 4.38. The van der Waals surface area contributed by atoms with E-state index in [1.807, 2.05) is 36.4 Å². The number of fused-ring (bicyclic) bond motifs is 3. The van der Waals surface area contributed by atoms with Crippen molar-refractivity contribution in [1.29, 1.82) is 0 Å². The smallest absolute Gasteiger partial charge is 0.187 e. The molecule has 0 amide bonds. The van der Waals surface area contributed by atoms with Gasteiger partial charge in [-0.1, -0.05) is 60.7 Å². The molecular weight excluding hydrogens is 442 g/mol. The van der Waals surface area contributed by atoms with E-state index in [9.17, 15) is 0 Å². The van der Waals surface area contributed by atoms with Gasteiger partial charge in [0, 0.05) is 33.9 Å². The molecule has 0 saturated heterocycles. The van der Waals surface area contributed by atoms with E-state index >= 15 is 0 Å². The summed E-state index contributed by atoms with van der Waals surface area (Å²) in [6.45, 7) is 0. The summed E-state index contributed by atoms with van der Waals surface area (Å²) in [4.78, 5) is 4.52. The van der Waals surface area contributed by atoms with E-state index in [2.05, 4.69) is 109 Å². The number of pyridine rings is 1. The van der Waals surface area contributed by atoms with Crippen LogP contribution in [-0.2, 0) is 0 Å². The largest absolute Gasteiger partial charge is 0.309 e. The zero-order valence-corrected chi connectivity index (χ0v) is 19.4. The average Bonchev–Trinajstić information content (AvgIpc) is 3.54. The molecule has 0 aliphatic heterocycles. The van der Waals surface area contributed by atoms with Gasteiger partial charge in [-0.15, -0.1) is 10.2 Å². The second-order valence-electron chi connectivity index (χ2n) is 8.65. The predicted octanol–water partition coefficient (Wildman–Crippen LogP) is 7.09. The number of aromatic nitrogens is 5. The van der Waals surface area contributed by atoms with Crippen LogP contribution in [0, 0.1) is 0 Å². The quantitative estimate of drug-likeness (QED) is 0.280. The van der Waals surface area contributed by atoms with Crippen LogP contribution in [0.15, 0.2) is 128 Å². The minimum absolute atomic E-state index is 0.711. The summed E-state index contributed by atoms with van der Waals surface area (Å²) in [5, 5.41) is 11.6. The van der Waals surface area contributed by atoms with E-state index in [0.29, 0.717) is 5.82 Å². The van der Waals surface area contributed by atoms with Gasteiger partial charge in [0.25, 0.3) is 0 Å². The fourth-order valence-corrected chi connectivity index (χ4v) is 4.91. The molecule has 0 aliphatic rings. The van der Waals surface area contributed by atoms with Gasteiger partial charge in [0.15, 0.2) is 11.6 Å². The molecular formula is C31H21N5. The first-order chi connectivity index (χ1) is 17.9. The summed E-state index contributed by atoms with van der Waals surface area (Å²) in [5.74, 6) is 1.49. The highest BCUT2D eigenvalue weighted by Crippen LogP contribution is 2.33. The third-order valence-corrected chi connectivity index (χ3v) is 6.54. The van der Waals surface area contributed by atoms with Crippen molar-refractivity contribution in [2.75, 3.05) is 0 Å². The first-order valence-corrected chi connectivity index (χ1v) is 11.9. The average molecular weight is 464 g/mol. The van der Waals surface area contributed by atoms with Gasteiger partial charge in [0.2, 0.25) is 0 Å². The highest BCUT2D eigenvalue weighted by Gasteiger charge is 2.18. The fourth-order valence-electron chi connectivity index (χ4n) is 4.91. The van der Waals surface area contributed by atoms with Gasteiger partial charge in [0.05, 0.1) is 11.0 Å². The molecule has 7 rings (SSSR count). The molecule has 4 aromatic carbocycles. The molecule has 5 heteroatoms. The van der Waals surface area contributed by atoms with Gasteiger partial charge < -0.3 is 4.57 Å². The summed E-state index contributed by atoms with van der Waals surface area (Å²) in [5.41, 5.74) is 6.24. The molecule has 170 valence electrons. The van der Waals surface area contributed by atoms with Gasteiger partial charge in [0.1, 0.15) is 5.69 Å². The molecule has 5 nitrogen and oxygen atoms in total. The minimum atomic E-state index is 0.711. The van der Waals surface area contributed by atoms with E-state index in [4.69, 9.17) is 0 Å². The molecule has 0 aliphatic carbocycles. The van der Waals surface area contributed by atoms with E-state index in [-0.39, 0.29) is 0 Å². The lowest BCUT2D eigenvalue weighted by Gasteiger charge is -2.12. The zero-order chi connectivity index (χ0) is 23.9. The molecule has 0 fully saturated rings. The molecule has 3 aromatic heterocycles. The summed E-state index contributed by atoms with van der Waals surface area (Å²) in [6.07, 6.45) is 1.78. The number of para-hydroxylation sites is 3. The van der Waals surface area contributed by atoms with Crippen molar-refractivity contribution in [3.63, 3.8) is 0 Å². The maximum absolute atomic E-state index is 4.60. The first-order valence-electron chi connectivity index (χ1n) is 11.9. The van der Waals surface area contributed by atoms with Crippen LogP contribution >= 0.6 is 0 Å². The normalized spacial score (nSPS) is 11.3. The molecule has 0 atom stereocenters. The second-order valence-corrected chi connectivity index (χ2v) is 8.65. The van der Waals surface area contributed by atoms with Gasteiger partial charge in [-0.05, 0) is 60.7 Å². The Morgan fingerprint density at radius 1 is 0.444 bits per heavy atom. The Morgan fingerprint density at radius 3 is 1.69 bits per heavy atom. The molecule has 0 spiro atoms. The van der Waals surface area contributed by atoms with Crippen molar-refractivity contribution in [3.8, 4) is 34.3 Å². The van der Waals surface area contributed by atoms with Crippen LogP contribution in [0.3, 0.4) is 0 Å². The molecule has 0 unspecified atom stereocenters. The van der Waals surface area contributed by atoms with E-state index < -0.39 is 0 Å². The van der Waals surface area contributed by atoms with Crippen LogP contribution in [0.2, 0.25) is 0 Å². The number of hydrogen-bond donors (Lipinski definition) is 0. The lowest BCUT2D eigenvalue weighted by molar-refractivity contribution is 1.06. The standard InChI is InChI=1S/C31H21N5/c1-2-10-23(11-3-1)36-30(33-34-31(36)27-14-8-9-21-32-27)22-17-19-24(20-18-22)35-28-15-6-4-12-25(28)26-13-5-7-16-29(26)35/h1-21H. The molecule has 0 radical (unpaired) electrons. The van der Waals surface area contributed by atoms with Crippen LogP contribution in [0.4, 0.5) is 0 Å². The third-order valence-electron chi connectivity index (χ3n) is 6.54. The fraction of sp³-hybridized carbons (Fsp3) is 0. The Hall–Kier alpha value is -5.03. The predicted molar refractivity (Wildman–Crippen MR) is 144 cm³/mol. The van der Waals surface area contributed by atoms with Crippen LogP contribution in [0.5, 0.6) is 0 Å². The van der Waals surface area contributed by atoms with Crippen molar-refractivity contribution in [2.24, 2.45) is 0 Å². The number of nitrogens with zero attached hydrogens (tertiary/aromatic N) is 5. The molecule has 7 aromatic rings. The maximum atomic E-state index is 4.60. The van der Waals surface area contributed by atoms with Crippen LogP contribution in [-0.4, -0.2) is 24.3 Å². The van der Waals surface area contributed by atoms with Crippen LogP contribution < -0.4 is 0 Å². The van der Waals surface area contributed by atoms with E-state index in [0.717, 1.165) is 28.5 Å². The lowest BCUT2D eigenvalue weighted by atomic mass is 10.1. The Labute approximate surface area is 207 Å². The van der Waals surface area contributed by atoms with E-state index in [1.54, 1.807) is 6.20 Å².